The van der Waals surface area contributed by atoms with E-state index < -0.39 is 5.97 Å². The van der Waals surface area contributed by atoms with E-state index in [-0.39, 0.29) is 22.3 Å². The van der Waals surface area contributed by atoms with Gasteiger partial charge in [-0.15, -0.1) is 5.75 Å². The predicted molar refractivity (Wildman–Crippen MR) is 72.1 cm³/mol. The zero-order chi connectivity index (χ0) is 15.3. The van der Waals surface area contributed by atoms with Crippen LogP contribution in [0.3, 0.4) is 0 Å². The van der Waals surface area contributed by atoms with Gasteiger partial charge in [0.15, 0.2) is 4.98 Å². The molecule has 6 nitrogen and oxygen atoms in total. The molecule has 3 aliphatic rings. The summed E-state index contributed by atoms with van der Waals surface area (Å²) in [7, 11) is 0. The third kappa shape index (κ3) is 2.01. The minimum Gasteiger partial charge on any atom is -0.872 e. The highest BCUT2D eigenvalue weighted by molar-refractivity contribution is 5.55. The second-order valence-electron chi connectivity index (χ2n) is 6.73. The first-order valence-electron chi connectivity index (χ1n) is 6.90. The van der Waals surface area contributed by atoms with Crippen molar-refractivity contribution in [3.63, 3.8) is 0 Å². The quantitative estimate of drug-likeness (QED) is 0.742. The van der Waals surface area contributed by atoms with Crippen molar-refractivity contribution in [2.24, 2.45) is 10.8 Å². The van der Waals surface area contributed by atoms with Crippen LogP contribution >= 0.6 is 0 Å². The van der Waals surface area contributed by atoms with Crippen molar-refractivity contribution in [1.29, 1.82) is 5.39 Å². The Bertz CT molecular complexity index is 591. The molecule has 0 unspecified atom stereocenters. The van der Waals surface area contributed by atoms with Crippen molar-refractivity contribution < 1.29 is 19.3 Å². The minimum atomic E-state index is -1.45. The zero-order valence-electron chi connectivity index (χ0n) is 12.4. The molecule has 3 saturated heterocycles. The largest absolute Gasteiger partial charge is 0.872 e. The highest BCUT2D eigenvalue weighted by Crippen LogP contribution is 2.53. The number of diazo groups is 1. The van der Waals surface area contributed by atoms with Crippen LogP contribution in [0.5, 0.6) is 5.75 Å². The van der Waals surface area contributed by atoms with Gasteiger partial charge in [-0.1, -0.05) is 32.9 Å². The molecule has 112 valence electrons. The van der Waals surface area contributed by atoms with Gasteiger partial charge in [0.25, 0.3) is 0 Å². The monoisotopic (exact) mass is 290 g/mol. The molecule has 0 N–H and O–H groups in total. The normalized spacial score (nSPS) is 31.9. The van der Waals surface area contributed by atoms with Crippen LogP contribution in [-0.2, 0) is 20.2 Å². The zero-order valence-corrected chi connectivity index (χ0v) is 12.4. The van der Waals surface area contributed by atoms with Gasteiger partial charge < -0.3 is 19.3 Å². The van der Waals surface area contributed by atoms with Crippen LogP contribution in [0.2, 0.25) is 0 Å². The third-order valence-electron chi connectivity index (χ3n) is 4.61. The number of hydrogen-bond donors (Lipinski definition) is 0. The molecule has 0 aliphatic carbocycles. The van der Waals surface area contributed by atoms with E-state index in [1.807, 2.05) is 0 Å². The minimum absolute atomic E-state index is 0.0376. The first-order valence-corrected chi connectivity index (χ1v) is 6.90. The molecule has 3 aliphatic heterocycles. The van der Waals surface area contributed by atoms with Gasteiger partial charge >= 0.3 is 11.7 Å². The summed E-state index contributed by atoms with van der Waals surface area (Å²) >= 11 is 0. The number of benzene rings is 1. The molecule has 1 aromatic carbocycles. The summed E-state index contributed by atoms with van der Waals surface area (Å²) in [5.74, 6) is -1.67. The van der Waals surface area contributed by atoms with Gasteiger partial charge in [-0.2, -0.15) is 0 Å². The number of fused-ring (bicyclic) bond motifs is 3. The maximum atomic E-state index is 11.6. The lowest BCUT2D eigenvalue weighted by molar-refractivity contribution is -0.489. The first-order chi connectivity index (χ1) is 9.82. The molecule has 6 heteroatoms. The summed E-state index contributed by atoms with van der Waals surface area (Å²) in [5.41, 5.74) is 0.254. The fourth-order valence-corrected chi connectivity index (χ4v) is 2.68. The summed E-state index contributed by atoms with van der Waals surface area (Å²) in [4.78, 5) is 3.18. The summed E-state index contributed by atoms with van der Waals surface area (Å²) in [6.07, 6.45) is 0. The maximum absolute atomic E-state index is 11.6. The van der Waals surface area contributed by atoms with Crippen LogP contribution in [-0.4, -0.2) is 19.8 Å². The lowest BCUT2D eigenvalue weighted by Crippen LogP contribution is -2.62. The van der Waals surface area contributed by atoms with Gasteiger partial charge in [0.1, 0.15) is 5.56 Å². The third-order valence-corrected chi connectivity index (χ3v) is 4.61. The van der Waals surface area contributed by atoms with E-state index in [4.69, 9.17) is 19.6 Å². The standard InChI is InChI=1S/C15H18N2O4/c1-13(2,3)14-7-19-15(20-8-14,21-9-14)11-6-10(18)4-5-12(11)17-16/h4-6H,7-9H2,1-3H3. The number of rotatable bonds is 1. The second kappa shape index (κ2) is 4.41. The molecule has 3 heterocycles. The molecule has 0 atom stereocenters. The van der Waals surface area contributed by atoms with E-state index in [0.29, 0.717) is 25.4 Å². The molecule has 4 rings (SSSR count). The Morgan fingerprint density at radius 1 is 1.14 bits per heavy atom. The van der Waals surface area contributed by atoms with E-state index in [1.54, 1.807) is 0 Å². The summed E-state index contributed by atoms with van der Waals surface area (Å²) < 4.78 is 17.5. The van der Waals surface area contributed by atoms with E-state index >= 15 is 0 Å². The van der Waals surface area contributed by atoms with Crippen LogP contribution in [0.1, 0.15) is 26.3 Å². The maximum Gasteiger partial charge on any atom is 0.396 e. The lowest BCUT2D eigenvalue weighted by atomic mass is 9.67. The molecule has 21 heavy (non-hydrogen) atoms. The van der Waals surface area contributed by atoms with Crippen LogP contribution in [0, 0.1) is 16.2 Å². The summed E-state index contributed by atoms with van der Waals surface area (Å²) in [6.45, 7) is 7.75. The molecule has 0 aromatic heterocycles. The number of ether oxygens (including phenoxy) is 3. The Kier molecular flexibility index (Phi) is 2.99. The van der Waals surface area contributed by atoms with Gasteiger partial charge in [-0.25, -0.2) is 0 Å². The van der Waals surface area contributed by atoms with Crippen LogP contribution < -0.4 is 5.11 Å². The molecule has 2 bridgehead atoms. The van der Waals surface area contributed by atoms with Crippen molar-refractivity contribution in [2.75, 3.05) is 19.8 Å². The van der Waals surface area contributed by atoms with Crippen LogP contribution in [0.4, 0.5) is 5.69 Å². The van der Waals surface area contributed by atoms with Gasteiger partial charge in [0, 0.05) is 11.5 Å². The lowest BCUT2D eigenvalue weighted by Gasteiger charge is -2.56. The van der Waals surface area contributed by atoms with E-state index in [1.165, 1.54) is 18.2 Å². The van der Waals surface area contributed by atoms with Crippen LogP contribution in [0.15, 0.2) is 18.2 Å². The smallest absolute Gasteiger partial charge is 0.396 e. The highest BCUT2D eigenvalue weighted by Gasteiger charge is 2.59. The number of nitrogens with zero attached hydrogens (tertiary/aromatic N) is 2. The van der Waals surface area contributed by atoms with Crippen molar-refractivity contribution >= 4 is 5.69 Å². The van der Waals surface area contributed by atoms with Gasteiger partial charge in [-0.05, 0) is 5.41 Å². The Hall–Kier alpha value is -1.68. The molecule has 1 aromatic rings. The average molecular weight is 290 g/mol. The Morgan fingerprint density at radius 2 is 1.71 bits per heavy atom. The van der Waals surface area contributed by atoms with Crippen molar-refractivity contribution in [3.8, 4) is 5.75 Å². The summed E-state index contributed by atoms with van der Waals surface area (Å²) in [5, 5.41) is 20.7. The van der Waals surface area contributed by atoms with E-state index in [2.05, 4.69) is 25.7 Å². The van der Waals surface area contributed by atoms with Crippen molar-refractivity contribution in [1.82, 2.24) is 0 Å². The van der Waals surface area contributed by atoms with E-state index in [9.17, 15) is 5.11 Å². The fourth-order valence-electron chi connectivity index (χ4n) is 2.68. The summed E-state index contributed by atoms with van der Waals surface area (Å²) in [6, 6.07) is 4.06. The van der Waals surface area contributed by atoms with E-state index in [0.717, 1.165) is 0 Å². The first kappa shape index (κ1) is 14.3. The second-order valence-corrected chi connectivity index (χ2v) is 6.73. The average Bonchev–Trinajstić information content (AvgIpc) is 2.48. The SMILES string of the molecule is CC(C)(C)C12COC(c3cc([O-])ccc3[N+]#N)(OC1)OC2. The van der Waals surface area contributed by atoms with Gasteiger partial charge in [-0.3, -0.25) is 0 Å². The Labute approximate surface area is 123 Å². The molecule has 0 radical (unpaired) electrons. The molecule has 0 spiro atoms. The predicted octanol–water partition coefficient (Wildman–Crippen LogP) is 2.46. The van der Waals surface area contributed by atoms with Gasteiger partial charge in [0.05, 0.1) is 19.8 Å². The molecule has 3 fully saturated rings. The van der Waals surface area contributed by atoms with Crippen molar-refractivity contribution in [3.05, 3.63) is 28.7 Å². The van der Waals surface area contributed by atoms with Crippen molar-refractivity contribution in [2.45, 2.75) is 26.7 Å². The Balaban J connectivity index is 1.98. The topological polar surface area (TPSA) is 78.9 Å². The fraction of sp³-hybridized carbons (Fsp3) is 0.600. The van der Waals surface area contributed by atoms with Crippen LogP contribution in [0.25, 0.3) is 4.98 Å². The molecule has 0 amide bonds. The Morgan fingerprint density at radius 3 is 2.19 bits per heavy atom. The number of hydrogen-bond acceptors (Lipinski definition) is 5. The molecular formula is C15H18N2O4. The molecule has 0 saturated carbocycles. The van der Waals surface area contributed by atoms with Gasteiger partial charge in [0.2, 0.25) is 5.39 Å². The molecular weight excluding hydrogens is 272 g/mol. The highest BCUT2D eigenvalue weighted by atomic mass is 16.9.